The molecule has 2 amide bonds. The second-order valence-electron chi connectivity index (χ2n) is 18.2. The Morgan fingerprint density at radius 3 is 1.14 bits per heavy atom. The third kappa shape index (κ3) is 22.9. The van der Waals surface area contributed by atoms with Crippen LogP contribution in [-0.2, 0) is 5.54 Å². The first-order chi connectivity index (χ1) is 34.4. The first-order valence-corrected chi connectivity index (χ1v) is 27.4. The number of nitrogens with two attached hydrogens (primary N) is 1. The minimum absolute atomic E-state index is 0.0346. The molecule has 383 valence electrons. The third-order valence-electron chi connectivity index (χ3n) is 11.4. The maximum atomic E-state index is 12.9. The number of nitrogens with one attached hydrogen (secondary N) is 1. The molecule has 3 N–H and O–H groups in total. The topological polar surface area (TPSA) is 143 Å². The Kier molecular flexibility index (Phi) is 29.5. The Balaban J connectivity index is 0.000000475. The molecule has 0 aromatic heterocycles. The summed E-state index contributed by atoms with van der Waals surface area (Å²) in [6, 6.07) is 20.1. The van der Waals surface area contributed by atoms with Crippen molar-refractivity contribution in [3.8, 4) is 12.1 Å². The first kappa shape index (κ1) is 67.6. The highest BCUT2D eigenvalue weighted by Gasteiger charge is 2.69. The zero-order valence-electron chi connectivity index (χ0n) is 41.6. The third-order valence-corrected chi connectivity index (χ3v) is 13.4. The molecule has 0 spiro atoms. The lowest BCUT2D eigenvalue weighted by Crippen LogP contribution is -2.60. The largest absolute Gasteiger partial charge is 0.419 e. The van der Waals surface area contributed by atoms with Crippen LogP contribution in [0.1, 0.15) is 106 Å². The second-order valence-corrected chi connectivity index (χ2v) is 23.6. The smallest absolute Gasteiger partial charge is 0.339 e. The van der Waals surface area contributed by atoms with Gasteiger partial charge in [-0.3, -0.25) is 14.4 Å². The summed E-state index contributed by atoms with van der Waals surface area (Å²) in [4.78, 5) is 38.2. The van der Waals surface area contributed by atoms with Gasteiger partial charge in [0, 0.05) is 108 Å². The summed E-state index contributed by atoms with van der Waals surface area (Å²) in [5, 5.41) is 19.8. The lowest BCUT2D eigenvalue weighted by Gasteiger charge is -2.34. The van der Waals surface area contributed by atoms with Crippen LogP contribution in [0.4, 0.5) is 39.5 Å². The molecule has 29 heteroatoms. The molecule has 3 aromatic rings. The molecule has 3 fully saturated rings. The van der Waals surface area contributed by atoms with Crippen LogP contribution in [-0.4, -0.2) is 157 Å². The number of hydrogen-bond donors (Lipinski definition) is 2. The van der Waals surface area contributed by atoms with Gasteiger partial charge in [-0.2, -0.15) is 50.0 Å². The molecule has 6 rings (SSSR count). The van der Waals surface area contributed by atoms with Crippen molar-refractivity contribution in [3.63, 3.8) is 0 Å². The van der Waals surface area contributed by atoms with Crippen molar-refractivity contribution in [2.45, 2.75) is 101 Å². The van der Waals surface area contributed by atoms with E-state index in [2.05, 4.69) is 5.32 Å². The van der Waals surface area contributed by atoms with Gasteiger partial charge in [-0.25, -0.2) is 0 Å². The predicted octanol–water partition coefficient (Wildman–Crippen LogP) is 7.47. The van der Waals surface area contributed by atoms with Crippen molar-refractivity contribution in [2.75, 3.05) is 39.3 Å². The summed E-state index contributed by atoms with van der Waals surface area (Å²) in [5.74, 6) is -4.25. The van der Waals surface area contributed by atoms with Gasteiger partial charge in [-0.05, 0) is 142 Å². The summed E-state index contributed by atoms with van der Waals surface area (Å²) in [5.41, 5.74) is 1.30. The first-order valence-electron chi connectivity index (χ1n) is 23.5. The molecule has 3 aromatic carbocycles. The summed E-state index contributed by atoms with van der Waals surface area (Å²) >= 11 is 5.18. The molecular weight excluding hydrogens is 1000 g/mol. The SMILES string of the molecule is C1CCNCC1.C[Si](C)(C)C(F)(F)F.N#Cc1ccc(C(=O)Cl)cc1.N#Cc1ccc(C(=O)N2CCCCC2)cc1.NC(c1ccc(C(=O)N2CCCCC2)cc1)(C(F)(F)F)C(F)(F)F.[B][B]B(B([B])[B])B([B])[B]. The second kappa shape index (κ2) is 32.3. The molecule has 74 heavy (non-hydrogen) atoms. The van der Waals surface area contributed by atoms with Crippen LogP contribution in [0.3, 0.4) is 0 Å². The summed E-state index contributed by atoms with van der Waals surface area (Å²) in [6.45, 7) is 9.11. The summed E-state index contributed by atoms with van der Waals surface area (Å²) in [6.07, 6.45) is -2.65. The normalized spacial score (nSPS) is 14.6. The van der Waals surface area contributed by atoms with Crippen molar-refractivity contribution in [3.05, 3.63) is 106 Å². The minimum Gasteiger partial charge on any atom is -0.339 e. The average Bonchev–Trinajstić information content (AvgIpc) is 3.36. The van der Waals surface area contributed by atoms with Gasteiger partial charge in [-0.15, -0.1) is 0 Å². The number of benzene rings is 3. The zero-order valence-corrected chi connectivity index (χ0v) is 43.4. The van der Waals surface area contributed by atoms with Crippen LogP contribution in [0.2, 0.25) is 19.6 Å². The van der Waals surface area contributed by atoms with Gasteiger partial charge in [0.1, 0.15) is 0 Å². The zero-order chi connectivity index (χ0) is 56.5. The maximum Gasteiger partial charge on any atom is 0.419 e. The molecule has 9 nitrogen and oxygen atoms in total. The predicted molar refractivity (Wildman–Crippen MR) is 284 cm³/mol. The average molecular weight is 1060 g/mol. The Morgan fingerprint density at radius 2 is 0.919 bits per heavy atom. The van der Waals surface area contributed by atoms with Crippen molar-refractivity contribution in [1.82, 2.24) is 15.1 Å². The van der Waals surface area contributed by atoms with E-state index >= 15 is 0 Å². The van der Waals surface area contributed by atoms with Gasteiger partial charge in [0.25, 0.3) is 17.1 Å². The monoisotopic (exact) mass is 1060 g/mol. The highest BCUT2D eigenvalue weighted by atomic mass is 35.5. The van der Waals surface area contributed by atoms with E-state index in [0.29, 0.717) is 47.5 Å². The number of rotatable bonds is 7. The van der Waals surface area contributed by atoms with Crippen LogP contribution < -0.4 is 11.1 Å². The molecule has 0 unspecified atom stereocenters. The molecule has 3 saturated heterocycles. The number of hydrogen-bond acceptors (Lipinski definition) is 7. The molecule has 3 aliphatic rings. The number of nitriles is 2. The van der Waals surface area contributed by atoms with E-state index in [9.17, 15) is 53.9 Å². The van der Waals surface area contributed by atoms with E-state index in [1.165, 1.54) is 82.5 Å². The van der Waals surface area contributed by atoms with Crippen molar-refractivity contribution < 1.29 is 53.9 Å². The van der Waals surface area contributed by atoms with E-state index < -0.39 is 61.2 Å². The van der Waals surface area contributed by atoms with E-state index in [0.717, 1.165) is 57.3 Å². The number of likely N-dealkylation sites (tertiary alicyclic amines) is 2. The molecular formula is C45H54B9ClF9N6O3Si. The number of carbonyl (C=O) groups is 3. The van der Waals surface area contributed by atoms with Gasteiger partial charge < -0.3 is 20.9 Å². The van der Waals surface area contributed by atoms with Crippen LogP contribution in [0, 0.1) is 22.7 Å². The van der Waals surface area contributed by atoms with Gasteiger partial charge in [0.2, 0.25) is 5.54 Å². The fourth-order valence-electron chi connectivity index (χ4n) is 6.60. The highest BCUT2D eigenvalue weighted by Crippen LogP contribution is 2.48. The van der Waals surface area contributed by atoms with Crippen molar-refractivity contribution in [2.24, 2.45) is 5.73 Å². The van der Waals surface area contributed by atoms with Gasteiger partial charge in [-0.1, -0.05) is 38.2 Å². The number of nitrogens with zero attached hydrogens (tertiary/aromatic N) is 4. The van der Waals surface area contributed by atoms with E-state index in [-0.39, 0.29) is 17.9 Å². The molecule has 3 aliphatic heterocycles. The minimum atomic E-state index is -5.72. The lowest BCUT2D eigenvalue weighted by atomic mass is 8.64. The number of piperidine rings is 3. The van der Waals surface area contributed by atoms with Crippen LogP contribution in [0.15, 0.2) is 72.8 Å². The highest BCUT2D eigenvalue weighted by molar-refractivity contribution is 7.93. The fourth-order valence-corrected chi connectivity index (χ4v) is 6.73. The fraction of sp³-hybridized carbons (Fsp3) is 0.489. The number of amides is 2. The molecule has 11 radical (unpaired) electrons. The van der Waals surface area contributed by atoms with Crippen LogP contribution in [0.5, 0.6) is 0 Å². The Morgan fingerprint density at radius 1 is 0.608 bits per heavy atom. The molecule has 0 saturated carbocycles. The summed E-state index contributed by atoms with van der Waals surface area (Å²) < 4.78 is 112. The van der Waals surface area contributed by atoms with Crippen molar-refractivity contribution >= 4 is 102 Å². The van der Waals surface area contributed by atoms with Gasteiger partial charge in [0.15, 0.2) is 8.07 Å². The van der Waals surface area contributed by atoms with Crippen LogP contribution in [0.25, 0.3) is 0 Å². The molecule has 0 aliphatic carbocycles. The number of alkyl halides is 9. The van der Waals surface area contributed by atoms with E-state index in [4.69, 9.17) is 66.5 Å². The Bertz CT molecular complexity index is 2190. The standard InChI is InChI=1S/C15H16F6N2O.C13H14N2O.C8H4ClNO.C5H11N.C4H9F3Si.B9/c16-14(17,18)13(22,15(19,20)21)11-6-4-10(5-7-11)12(24)23-8-2-1-3-9-23;14-10-11-4-6-12(7-5-11)13(16)15-8-2-1-3-9-15;9-8(11)7-3-1-6(5-10)2-4-7;1-2-4-6-5-3-1;1-8(2,3)4(5,6)7;1-6-9(7(2)3)8(4)5/h4-7H,1-3,8-9,22H2;4-7H,1-3,8-9H2;1-4H;6H,1-5H2;1-3H3;. The van der Waals surface area contributed by atoms with Crippen LogP contribution >= 0.6 is 11.6 Å². The van der Waals surface area contributed by atoms with Gasteiger partial charge in [0.05, 0.1) is 23.3 Å². The number of halogens is 10. The lowest BCUT2D eigenvalue weighted by molar-refractivity contribution is -0.301. The summed E-state index contributed by atoms with van der Waals surface area (Å²) in [7, 11) is 24.6. The maximum absolute atomic E-state index is 12.9. The molecule has 3 heterocycles. The quantitative estimate of drug-likeness (QED) is 0.142. The number of carbonyl (C=O) groups excluding carboxylic acids is 3. The van der Waals surface area contributed by atoms with E-state index in [1.54, 1.807) is 36.4 Å². The molecule has 0 bridgehead atoms. The Hall–Kier alpha value is -4.37. The van der Waals surface area contributed by atoms with Gasteiger partial charge >= 0.3 is 18.2 Å². The van der Waals surface area contributed by atoms with Crippen molar-refractivity contribution in [1.29, 1.82) is 10.5 Å². The molecule has 0 atom stereocenters. The Labute approximate surface area is 443 Å². The van der Waals surface area contributed by atoms with E-state index in [1.807, 2.05) is 17.0 Å².